The largest absolute Gasteiger partial charge is 0.489 e. The van der Waals surface area contributed by atoms with Crippen LogP contribution in [-0.2, 0) is 6.61 Å². The Labute approximate surface area is 131 Å². The van der Waals surface area contributed by atoms with E-state index in [1.807, 2.05) is 43.3 Å². The van der Waals surface area contributed by atoms with E-state index in [2.05, 4.69) is 0 Å². The Balaban J connectivity index is 1.87. The maximum absolute atomic E-state index is 12.8. The predicted octanol–water partition coefficient (Wildman–Crippen LogP) is 3.39. The maximum atomic E-state index is 12.8. The van der Waals surface area contributed by atoms with Gasteiger partial charge in [-0.25, -0.2) is 4.39 Å². The van der Waals surface area contributed by atoms with Gasteiger partial charge in [-0.3, -0.25) is 0 Å². The summed E-state index contributed by atoms with van der Waals surface area (Å²) >= 11 is 0. The highest BCUT2D eigenvalue weighted by Gasteiger charge is 2.08. The molecule has 0 spiro atoms. The number of benzene rings is 2. The van der Waals surface area contributed by atoms with E-state index in [0.29, 0.717) is 13.0 Å². The molecule has 0 saturated carbocycles. The van der Waals surface area contributed by atoms with Crippen LogP contribution in [0.4, 0.5) is 4.39 Å². The zero-order chi connectivity index (χ0) is 15.9. The number of hydrogen-bond donors (Lipinski definition) is 1. The Hall–Kier alpha value is -1.91. The minimum absolute atomic E-state index is 0.250. The van der Waals surface area contributed by atoms with Crippen LogP contribution in [0.1, 0.15) is 23.7 Å². The molecule has 1 atom stereocenters. The molecule has 2 aromatic carbocycles. The van der Waals surface area contributed by atoms with Crippen LogP contribution in [0.25, 0.3) is 0 Å². The van der Waals surface area contributed by atoms with Gasteiger partial charge in [0.05, 0.1) is 6.10 Å². The van der Waals surface area contributed by atoms with Crippen LogP contribution in [0.5, 0.6) is 5.75 Å². The van der Waals surface area contributed by atoms with Crippen LogP contribution >= 0.6 is 0 Å². The average molecular weight is 303 g/mol. The number of nitrogens with zero attached hydrogens (tertiary/aromatic N) is 1. The van der Waals surface area contributed by atoms with Crippen LogP contribution in [-0.4, -0.2) is 30.6 Å². The second-order valence-electron chi connectivity index (χ2n) is 5.59. The quantitative estimate of drug-likeness (QED) is 0.851. The summed E-state index contributed by atoms with van der Waals surface area (Å²) in [4.78, 5) is 2.05. The molecule has 1 N–H and O–H groups in total. The van der Waals surface area contributed by atoms with Gasteiger partial charge in [0.25, 0.3) is 0 Å². The fourth-order valence-corrected chi connectivity index (χ4v) is 2.08. The number of rotatable bonds is 7. The maximum Gasteiger partial charge on any atom is 0.123 e. The van der Waals surface area contributed by atoms with Gasteiger partial charge in [0.2, 0.25) is 0 Å². The first-order valence-corrected chi connectivity index (χ1v) is 7.34. The molecule has 0 aliphatic rings. The lowest BCUT2D eigenvalue weighted by Gasteiger charge is -2.15. The first kappa shape index (κ1) is 16.5. The molecule has 0 aliphatic heterocycles. The molecule has 0 bridgehead atoms. The van der Waals surface area contributed by atoms with Crippen molar-refractivity contribution in [3.63, 3.8) is 0 Å². The van der Waals surface area contributed by atoms with E-state index in [9.17, 15) is 9.50 Å². The number of halogens is 1. The Bertz CT molecular complexity index is 567. The number of hydrogen-bond acceptors (Lipinski definition) is 3. The van der Waals surface area contributed by atoms with E-state index < -0.39 is 6.10 Å². The third-order valence-electron chi connectivity index (χ3n) is 3.43. The summed E-state index contributed by atoms with van der Waals surface area (Å²) in [5.74, 6) is 0.479. The third kappa shape index (κ3) is 5.13. The third-order valence-corrected chi connectivity index (χ3v) is 3.43. The predicted molar refractivity (Wildman–Crippen MR) is 85.3 cm³/mol. The van der Waals surface area contributed by atoms with Gasteiger partial charge < -0.3 is 14.7 Å². The topological polar surface area (TPSA) is 32.7 Å². The van der Waals surface area contributed by atoms with Gasteiger partial charge in [-0.1, -0.05) is 24.3 Å². The molecule has 0 radical (unpaired) electrons. The molecule has 2 rings (SSSR count). The summed E-state index contributed by atoms with van der Waals surface area (Å²) in [7, 11) is 3.97. The van der Waals surface area contributed by atoms with Crippen LogP contribution in [0.2, 0.25) is 0 Å². The Morgan fingerprint density at radius 1 is 1.05 bits per heavy atom. The Morgan fingerprint density at radius 2 is 1.68 bits per heavy atom. The molecule has 0 aromatic heterocycles. The van der Waals surface area contributed by atoms with Gasteiger partial charge in [-0.05, 0) is 55.9 Å². The first-order chi connectivity index (χ1) is 10.5. The molecular formula is C18H22FNO2. The standard InChI is InChI=1S/C18H22FNO2/c1-20(2)12-11-18(21)15-5-9-17(10-6-15)22-13-14-3-7-16(19)8-4-14/h3-10,18,21H,11-13H2,1-2H3. The lowest BCUT2D eigenvalue weighted by molar-refractivity contribution is 0.154. The lowest BCUT2D eigenvalue weighted by atomic mass is 10.1. The Kier molecular flexibility index (Phi) is 5.92. The molecule has 1 unspecified atom stereocenters. The van der Waals surface area contributed by atoms with E-state index in [1.54, 1.807) is 12.1 Å². The highest BCUT2D eigenvalue weighted by atomic mass is 19.1. The van der Waals surface area contributed by atoms with Crippen molar-refractivity contribution in [1.82, 2.24) is 4.90 Å². The second kappa shape index (κ2) is 7.92. The van der Waals surface area contributed by atoms with Gasteiger partial charge >= 0.3 is 0 Å². The minimum Gasteiger partial charge on any atom is -0.489 e. The highest BCUT2D eigenvalue weighted by Crippen LogP contribution is 2.21. The van der Waals surface area contributed by atoms with E-state index >= 15 is 0 Å². The molecule has 0 heterocycles. The fraction of sp³-hybridized carbons (Fsp3) is 0.333. The molecule has 0 saturated heterocycles. The minimum atomic E-state index is -0.464. The van der Waals surface area contributed by atoms with E-state index in [-0.39, 0.29) is 5.82 Å². The smallest absolute Gasteiger partial charge is 0.123 e. The molecule has 0 aliphatic carbocycles. The normalized spacial score (nSPS) is 12.4. The summed E-state index contributed by atoms with van der Waals surface area (Å²) in [6.07, 6.45) is 0.233. The van der Waals surface area contributed by atoms with Crippen molar-refractivity contribution < 1.29 is 14.2 Å². The van der Waals surface area contributed by atoms with Crippen molar-refractivity contribution in [1.29, 1.82) is 0 Å². The van der Waals surface area contributed by atoms with Crippen LogP contribution in [0.15, 0.2) is 48.5 Å². The lowest BCUT2D eigenvalue weighted by Crippen LogP contribution is -2.15. The van der Waals surface area contributed by atoms with E-state index in [1.165, 1.54) is 12.1 Å². The van der Waals surface area contributed by atoms with Crippen LogP contribution in [0.3, 0.4) is 0 Å². The van der Waals surface area contributed by atoms with Gasteiger partial charge in [0.15, 0.2) is 0 Å². The molecule has 22 heavy (non-hydrogen) atoms. The summed E-state index contributed by atoms with van der Waals surface area (Å²) in [5.41, 5.74) is 1.80. The summed E-state index contributed by atoms with van der Waals surface area (Å²) in [6.45, 7) is 1.23. The van der Waals surface area contributed by atoms with Gasteiger partial charge in [-0.2, -0.15) is 0 Å². The van der Waals surface area contributed by atoms with Crippen molar-refractivity contribution in [2.24, 2.45) is 0 Å². The zero-order valence-electron chi connectivity index (χ0n) is 13.0. The summed E-state index contributed by atoms with van der Waals surface area (Å²) in [6, 6.07) is 13.7. The van der Waals surface area contributed by atoms with E-state index in [4.69, 9.17) is 4.74 Å². The molecule has 118 valence electrons. The first-order valence-electron chi connectivity index (χ1n) is 7.34. The van der Waals surface area contributed by atoms with E-state index in [0.717, 1.165) is 23.4 Å². The van der Waals surface area contributed by atoms with Gasteiger partial charge in [-0.15, -0.1) is 0 Å². The van der Waals surface area contributed by atoms with Crippen molar-refractivity contribution >= 4 is 0 Å². The Morgan fingerprint density at radius 3 is 2.27 bits per heavy atom. The SMILES string of the molecule is CN(C)CCC(O)c1ccc(OCc2ccc(F)cc2)cc1. The highest BCUT2D eigenvalue weighted by molar-refractivity contribution is 5.29. The summed E-state index contributed by atoms with van der Waals surface area (Å²) < 4.78 is 18.5. The molecule has 4 heteroatoms. The average Bonchev–Trinajstić information content (AvgIpc) is 2.52. The number of aliphatic hydroxyl groups excluding tert-OH is 1. The number of aliphatic hydroxyl groups is 1. The molecule has 3 nitrogen and oxygen atoms in total. The van der Waals surface area contributed by atoms with Crippen molar-refractivity contribution in [3.05, 3.63) is 65.5 Å². The van der Waals surface area contributed by atoms with Crippen LogP contribution < -0.4 is 4.74 Å². The van der Waals surface area contributed by atoms with Gasteiger partial charge in [0, 0.05) is 6.54 Å². The molecular weight excluding hydrogens is 281 g/mol. The zero-order valence-corrected chi connectivity index (χ0v) is 13.0. The summed E-state index contributed by atoms with van der Waals surface area (Å²) in [5, 5.41) is 10.1. The van der Waals surface area contributed by atoms with Gasteiger partial charge in [0.1, 0.15) is 18.2 Å². The monoisotopic (exact) mass is 303 g/mol. The molecule has 2 aromatic rings. The van der Waals surface area contributed by atoms with Crippen LogP contribution in [0, 0.1) is 5.82 Å². The molecule has 0 amide bonds. The molecule has 0 fully saturated rings. The second-order valence-corrected chi connectivity index (χ2v) is 5.59. The number of ether oxygens (including phenoxy) is 1. The fourth-order valence-electron chi connectivity index (χ4n) is 2.08. The van der Waals surface area contributed by atoms with Crippen molar-refractivity contribution in [2.75, 3.05) is 20.6 Å². The van der Waals surface area contributed by atoms with Crippen molar-refractivity contribution in [3.8, 4) is 5.75 Å². The van der Waals surface area contributed by atoms with Crippen molar-refractivity contribution in [2.45, 2.75) is 19.1 Å².